The summed E-state index contributed by atoms with van der Waals surface area (Å²) in [6.45, 7) is 0. The highest BCUT2D eigenvalue weighted by Gasteiger charge is 2.50. The quantitative estimate of drug-likeness (QED) is 0.885. The fourth-order valence-corrected chi connectivity index (χ4v) is 2.96. The van der Waals surface area contributed by atoms with E-state index in [1.165, 1.54) is 5.56 Å². The van der Waals surface area contributed by atoms with Crippen LogP contribution in [0.15, 0.2) is 34.9 Å². The number of nitrogens with two attached hydrogens (primary N) is 1. The largest absolute Gasteiger partial charge is 0.338 e. The van der Waals surface area contributed by atoms with Gasteiger partial charge >= 0.3 is 0 Å². The Morgan fingerprint density at radius 1 is 1.35 bits per heavy atom. The smallest absolute Gasteiger partial charge is 0.243 e. The summed E-state index contributed by atoms with van der Waals surface area (Å²) >= 11 is 1.78. The molecule has 1 atom stereocenters. The zero-order valence-electron chi connectivity index (χ0n) is 11.6. The standard InChI is InChI=1S/C15H19N3OS/c1-20-10-7-12(16)13-17-14(18-19-13)15(8-9-15)11-5-3-2-4-6-11/h2-6,12H,7-10,16H2,1H3. The first-order valence-electron chi connectivity index (χ1n) is 6.90. The van der Waals surface area contributed by atoms with E-state index < -0.39 is 0 Å². The first-order valence-corrected chi connectivity index (χ1v) is 8.30. The second-order valence-corrected chi connectivity index (χ2v) is 6.28. The van der Waals surface area contributed by atoms with Crippen molar-refractivity contribution < 1.29 is 4.52 Å². The second kappa shape index (κ2) is 5.58. The average Bonchev–Trinajstić information content (AvgIpc) is 3.16. The van der Waals surface area contributed by atoms with Crippen LogP contribution in [0.5, 0.6) is 0 Å². The van der Waals surface area contributed by atoms with Crippen LogP contribution in [0, 0.1) is 0 Å². The van der Waals surface area contributed by atoms with E-state index in [0.717, 1.165) is 30.8 Å². The van der Waals surface area contributed by atoms with Crippen molar-refractivity contribution in [3.63, 3.8) is 0 Å². The molecule has 1 aliphatic rings. The number of rotatable bonds is 6. The Kier molecular flexibility index (Phi) is 3.81. The first kappa shape index (κ1) is 13.6. The van der Waals surface area contributed by atoms with Gasteiger partial charge in [0.2, 0.25) is 5.89 Å². The van der Waals surface area contributed by atoms with Crippen LogP contribution in [0.2, 0.25) is 0 Å². The summed E-state index contributed by atoms with van der Waals surface area (Å²) in [7, 11) is 0. The molecule has 4 nitrogen and oxygen atoms in total. The molecular weight excluding hydrogens is 270 g/mol. The van der Waals surface area contributed by atoms with Gasteiger partial charge in [-0.1, -0.05) is 35.5 Å². The lowest BCUT2D eigenvalue weighted by Gasteiger charge is -2.10. The Hall–Kier alpha value is -1.33. The van der Waals surface area contributed by atoms with Crippen molar-refractivity contribution in [2.24, 2.45) is 5.73 Å². The van der Waals surface area contributed by atoms with Crippen molar-refractivity contribution >= 4 is 11.8 Å². The van der Waals surface area contributed by atoms with Gasteiger partial charge in [0.25, 0.3) is 0 Å². The van der Waals surface area contributed by atoms with Crippen molar-refractivity contribution in [3.05, 3.63) is 47.6 Å². The minimum Gasteiger partial charge on any atom is -0.338 e. The van der Waals surface area contributed by atoms with E-state index in [1.54, 1.807) is 11.8 Å². The summed E-state index contributed by atoms with van der Waals surface area (Å²) in [4.78, 5) is 4.56. The Morgan fingerprint density at radius 2 is 2.10 bits per heavy atom. The Bertz CT molecular complexity index is 566. The van der Waals surface area contributed by atoms with E-state index in [9.17, 15) is 0 Å². The maximum atomic E-state index is 6.09. The first-order chi connectivity index (χ1) is 9.76. The molecule has 1 saturated carbocycles. The van der Waals surface area contributed by atoms with Crippen LogP contribution in [-0.4, -0.2) is 22.1 Å². The summed E-state index contributed by atoms with van der Waals surface area (Å²) in [6, 6.07) is 10.3. The highest BCUT2D eigenvalue weighted by atomic mass is 32.2. The zero-order chi connectivity index (χ0) is 14.0. The molecule has 0 saturated heterocycles. The monoisotopic (exact) mass is 289 g/mol. The van der Waals surface area contributed by atoms with Crippen molar-refractivity contribution in [1.82, 2.24) is 10.1 Å². The van der Waals surface area contributed by atoms with Crippen molar-refractivity contribution in [1.29, 1.82) is 0 Å². The van der Waals surface area contributed by atoms with Crippen LogP contribution in [0.1, 0.15) is 42.6 Å². The topological polar surface area (TPSA) is 64.9 Å². The number of nitrogens with zero attached hydrogens (tertiary/aromatic N) is 2. The van der Waals surface area contributed by atoms with E-state index in [1.807, 2.05) is 6.07 Å². The zero-order valence-corrected chi connectivity index (χ0v) is 12.4. The van der Waals surface area contributed by atoms with E-state index >= 15 is 0 Å². The molecule has 106 valence electrons. The predicted octanol–water partition coefficient (Wildman–Crippen LogP) is 2.90. The van der Waals surface area contributed by atoms with Crippen LogP contribution in [-0.2, 0) is 5.41 Å². The minimum atomic E-state index is -0.157. The summed E-state index contributed by atoms with van der Waals surface area (Å²) in [5.41, 5.74) is 7.32. The molecular formula is C15H19N3OS. The van der Waals surface area contributed by atoms with Crippen LogP contribution >= 0.6 is 11.8 Å². The molecule has 2 aromatic rings. The molecule has 0 radical (unpaired) electrons. The van der Waals surface area contributed by atoms with Gasteiger partial charge in [0.1, 0.15) is 0 Å². The van der Waals surface area contributed by atoms with Crippen molar-refractivity contribution in [3.8, 4) is 0 Å². The van der Waals surface area contributed by atoms with Gasteiger partial charge < -0.3 is 10.3 Å². The van der Waals surface area contributed by atoms with Gasteiger partial charge in [-0.25, -0.2) is 0 Å². The highest BCUT2D eigenvalue weighted by molar-refractivity contribution is 7.98. The SMILES string of the molecule is CSCCC(N)c1nc(C2(c3ccccc3)CC2)no1. The third-order valence-electron chi connectivity index (χ3n) is 3.90. The van der Waals surface area contributed by atoms with Gasteiger partial charge in [-0.05, 0) is 36.8 Å². The van der Waals surface area contributed by atoms with E-state index in [2.05, 4.69) is 40.7 Å². The molecule has 1 aromatic heterocycles. The number of aromatic nitrogens is 2. The molecule has 1 aliphatic carbocycles. The highest BCUT2D eigenvalue weighted by Crippen LogP contribution is 2.52. The molecule has 0 aliphatic heterocycles. The molecule has 0 spiro atoms. The van der Waals surface area contributed by atoms with Crippen LogP contribution in [0.4, 0.5) is 0 Å². The Labute approximate surface area is 123 Å². The third kappa shape index (κ3) is 2.47. The van der Waals surface area contributed by atoms with E-state index in [-0.39, 0.29) is 11.5 Å². The number of hydrogen-bond donors (Lipinski definition) is 1. The van der Waals surface area contributed by atoms with Crippen LogP contribution < -0.4 is 5.73 Å². The molecule has 1 unspecified atom stereocenters. The lowest BCUT2D eigenvalue weighted by Crippen LogP contribution is -2.14. The van der Waals surface area contributed by atoms with E-state index in [4.69, 9.17) is 10.3 Å². The molecule has 1 fully saturated rings. The summed E-state index contributed by atoms with van der Waals surface area (Å²) in [5, 5.41) is 4.18. The summed E-state index contributed by atoms with van der Waals surface area (Å²) in [5.74, 6) is 2.36. The van der Waals surface area contributed by atoms with Gasteiger partial charge in [-0.15, -0.1) is 0 Å². The maximum absolute atomic E-state index is 6.09. The van der Waals surface area contributed by atoms with Gasteiger partial charge in [0.15, 0.2) is 5.82 Å². The second-order valence-electron chi connectivity index (χ2n) is 5.29. The number of benzene rings is 1. The van der Waals surface area contributed by atoms with Crippen molar-refractivity contribution in [2.75, 3.05) is 12.0 Å². The predicted molar refractivity (Wildman–Crippen MR) is 80.7 cm³/mol. The molecule has 3 rings (SSSR count). The Morgan fingerprint density at radius 3 is 2.75 bits per heavy atom. The normalized spacial score (nSPS) is 17.9. The molecule has 1 heterocycles. The van der Waals surface area contributed by atoms with Gasteiger partial charge in [0.05, 0.1) is 11.5 Å². The molecule has 0 bridgehead atoms. The van der Waals surface area contributed by atoms with E-state index in [0.29, 0.717) is 5.89 Å². The molecule has 5 heteroatoms. The summed E-state index contributed by atoms with van der Waals surface area (Å²) < 4.78 is 5.38. The van der Waals surface area contributed by atoms with Gasteiger partial charge in [-0.3, -0.25) is 0 Å². The molecule has 2 N–H and O–H groups in total. The lowest BCUT2D eigenvalue weighted by molar-refractivity contribution is 0.347. The maximum Gasteiger partial charge on any atom is 0.243 e. The molecule has 1 aromatic carbocycles. The third-order valence-corrected chi connectivity index (χ3v) is 4.54. The van der Waals surface area contributed by atoms with Crippen LogP contribution in [0.25, 0.3) is 0 Å². The molecule has 0 amide bonds. The van der Waals surface area contributed by atoms with Crippen LogP contribution in [0.3, 0.4) is 0 Å². The minimum absolute atomic E-state index is 0.0394. The Balaban J connectivity index is 1.80. The fraction of sp³-hybridized carbons (Fsp3) is 0.467. The van der Waals surface area contributed by atoms with Gasteiger partial charge in [0, 0.05) is 0 Å². The number of thioether (sulfide) groups is 1. The lowest BCUT2D eigenvalue weighted by atomic mass is 9.95. The fourth-order valence-electron chi connectivity index (χ4n) is 2.47. The summed E-state index contributed by atoms with van der Waals surface area (Å²) in [6.07, 6.45) is 5.09. The van der Waals surface area contributed by atoms with Gasteiger partial charge in [-0.2, -0.15) is 16.7 Å². The average molecular weight is 289 g/mol. The van der Waals surface area contributed by atoms with Crippen molar-refractivity contribution in [2.45, 2.75) is 30.7 Å². The molecule has 20 heavy (non-hydrogen) atoms. The number of hydrogen-bond acceptors (Lipinski definition) is 5.